The van der Waals surface area contributed by atoms with Crippen LogP contribution < -0.4 is 0 Å². The Morgan fingerprint density at radius 2 is 1.76 bits per heavy atom. The van der Waals surface area contributed by atoms with Gasteiger partial charge in [0, 0.05) is 11.3 Å². The summed E-state index contributed by atoms with van der Waals surface area (Å²) in [5.74, 6) is 0.637. The summed E-state index contributed by atoms with van der Waals surface area (Å²) in [7, 11) is 0. The van der Waals surface area contributed by atoms with Gasteiger partial charge in [-0.05, 0) is 44.4 Å². The van der Waals surface area contributed by atoms with Gasteiger partial charge in [0.15, 0.2) is 18.2 Å². The fourth-order valence-corrected chi connectivity index (χ4v) is 4.94. The van der Waals surface area contributed by atoms with Crippen molar-refractivity contribution >= 4 is 0 Å². The molecule has 0 bridgehead atoms. The number of rotatable bonds is 1. The van der Waals surface area contributed by atoms with E-state index in [1.165, 1.54) is 0 Å². The van der Waals surface area contributed by atoms with Gasteiger partial charge in [0.05, 0.1) is 6.10 Å². The first-order valence-electron chi connectivity index (χ1n) is 8.15. The van der Waals surface area contributed by atoms with Crippen LogP contribution in [0.4, 0.5) is 0 Å². The number of ether oxygens (including phenoxy) is 2. The highest BCUT2D eigenvalue weighted by Gasteiger charge is 2.67. The summed E-state index contributed by atoms with van der Waals surface area (Å²) < 4.78 is 11.8. The summed E-state index contributed by atoms with van der Waals surface area (Å²) in [5, 5.41) is 20.3. The molecule has 1 saturated carbocycles. The number of hydrogen-bond acceptors (Lipinski definition) is 5. The molecule has 122 valence electrons. The summed E-state index contributed by atoms with van der Waals surface area (Å²) in [5.41, 5.74) is -1.35. The van der Waals surface area contributed by atoms with Crippen molar-refractivity contribution in [3.05, 3.63) is 0 Å². The topological polar surface area (TPSA) is 68.2 Å². The van der Waals surface area contributed by atoms with Crippen LogP contribution >= 0.6 is 0 Å². The Balaban J connectivity index is 2.09. The van der Waals surface area contributed by atoms with Crippen LogP contribution in [0.5, 0.6) is 0 Å². The highest BCUT2D eigenvalue weighted by molar-refractivity contribution is 5.10. The predicted molar refractivity (Wildman–Crippen MR) is 76.3 cm³/mol. The molecular formula is C16H28O5. The Kier molecular flexibility index (Phi) is 3.86. The first-order valence-corrected chi connectivity index (χ1v) is 8.15. The molecule has 0 aromatic heterocycles. The van der Waals surface area contributed by atoms with Crippen LogP contribution in [0.1, 0.15) is 53.4 Å². The number of aliphatic hydroxyl groups is 1. The van der Waals surface area contributed by atoms with Crippen molar-refractivity contribution in [1.82, 2.24) is 0 Å². The molecule has 2 N–H and O–H groups in total. The predicted octanol–water partition coefficient (Wildman–Crippen LogP) is 2.78. The molecule has 3 fully saturated rings. The van der Waals surface area contributed by atoms with Gasteiger partial charge in [-0.3, -0.25) is 5.26 Å². The first-order chi connectivity index (χ1) is 9.84. The molecule has 2 saturated heterocycles. The SMILES string of the molecule is C[C@@H]1CC[C@H]2C(C)(C)C(O)O[C@@H]3O[C@@H](C)CC[C@@H]1[C@]32OO. The van der Waals surface area contributed by atoms with Gasteiger partial charge >= 0.3 is 0 Å². The highest BCUT2D eigenvalue weighted by Crippen LogP contribution is 2.59. The third kappa shape index (κ3) is 2.09. The van der Waals surface area contributed by atoms with E-state index in [2.05, 4.69) is 6.92 Å². The van der Waals surface area contributed by atoms with Crippen LogP contribution in [0.15, 0.2) is 0 Å². The summed E-state index contributed by atoms with van der Waals surface area (Å²) >= 11 is 0. The lowest BCUT2D eigenvalue weighted by Crippen LogP contribution is -2.70. The minimum atomic E-state index is -0.907. The van der Waals surface area contributed by atoms with Gasteiger partial charge in [0.25, 0.3) is 0 Å². The standard InChI is InChI=1S/C16H28O5/c1-9-5-8-12-15(3,4)13(17)20-14-16(12,21-18)11(9)7-6-10(2)19-14/h9-14,17-18H,5-8H2,1-4H3/t9-,10+,11+,12+,13?,14+,16-/m1/s1. The van der Waals surface area contributed by atoms with Crippen LogP contribution in [0.2, 0.25) is 0 Å². The van der Waals surface area contributed by atoms with Gasteiger partial charge < -0.3 is 14.6 Å². The molecule has 0 radical (unpaired) electrons. The molecule has 1 aliphatic carbocycles. The normalized spacial score (nSPS) is 52.9. The lowest BCUT2D eigenvalue weighted by molar-refractivity contribution is -0.468. The van der Waals surface area contributed by atoms with E-state index in [-0.39, 0.29) is 17.9 Å². The zero-order valence-corrected chi connectivity index (χ0v) is 13.4. The average Bonchev–Trinajstić information content (AvgIpc) is 2.56. The second kappa shape index (κ2) is 5.17. The van der Waals surface area contributed by atoms with Crippen molar-refractivity contribution in [2.45, 2.75) is 77.7 Å². The molecular weight excluding hydrogens is 272 g/mol. The fraction of sp³-hybridized carbons (Fsp3) is 1.00. The van der Waals surface area contributed by atoms with Crippen LogP contribution in [-0.2, 0) is 14.4 Å². The molecule has 2 heterocycles. The van der Waals surface area contributed by atoms with Gasteiger partial charge in [0.2, 0.25) is 0 Å². The minimum Gasteiger partial charge on any atom is -0.367 e. The van der Waals surface area contributed by atoms with E-state index in [0.29, 0.717) is 5.92 Å². The summed E-state index contributed by atoms with van der Waals surface area (Å²) in [6, 6.07) is 0. The van der Waals surface area contributed by atoms with E-state index in [1.54, 1.807) is 0 Å². The van der Waals surface area contributed by atoms with Gasteiger partial charge in [0.1, 0.15) is 0 Å². The Morgan fingerprint density at radius 3 is 2.43 bits per heavy atom. The lowest BCUT2D eigenvalue weighted by Gasteiger charge is -2.60. The zero-order chi connectivity index (χ0) is 15.4. The fourth-order valence-electron chi connectivity index (χ4n) is 4.94. The summed E-state index contributed by atoms with van der Waals surface area (Å²) in [4.78, 5) is 5.17. The molecule has 0 aromatic rings. The van der Waals surface area contributed by atoms with Gasteiger partial charge in [-0.1, -0.05) is 20.8 Å². The molecule has 5 heteroatoms. The van der Waals surface area contributed by atoms with E-state index < -0.39 is 23.6 Å². The van der Waals surface area contributed by atoms with E-state index >= 15 is 0 Å². The number of hydrogen-bond donors (Lipinski definition) is 2. The quantitative estimate of drug-likeness (QED) is 0.576. The monoisotopic (exact) mass is 300 g/mol. The first kappa shape index (κ1) is 15.7. The zero-order valence-electron chi connectivity index (χ0n) is 13.4. The average molecular weight is 300 g/mol. The maximum Gasteiger partial charge on any atom is 0.193 e. The van der Waals surface area contributed by atoms with Gasteiger partial charge in [-0.25, -0.2) is 4.89 Å². The summed E-state index contributed by atoms with van der Waals surface area (Å²) in [6.45, 7) is 8.20. The molecule has 7 atom stereocenters. The van der Waals surface area contributed by atoms with Crippen molar-refractivity contribution in [3.63, 3.8) is 0 Å². The third-order valence-electron chi connectivity index (χ3n) is 6.28. The lowest BCUT2D eigenvalue weighted by atomic mass is 9.54. The van der Waals surface area contributed by atoms with Crippen LogP contribution in [0, 0.1) is 23.2 Å². The Morgan fingerprint density at radius 1 is 1.05 bits per heavy atom. The van der Waals surface area contributed by atoms with Crippen molar-refractivity contribution < 1.29 is 24.7 Å². The molecule has 5 nitrogen and oxygen atoms in total. The van der Waals surface area contributed by atoms with E-state index in [4.69, 9.17) is 14.4 Å². The van der Waals surface area contributed by atoms with Crippen molar-refractivity contribution in [1.29, 1.82) is 0 Å². The molecule has 0 amide bonds. The third-order valence-corrected chi connectivity index (χ3v) is 6.28. The maximum atomic E-state index is 10.4. The number of aliphatic hydroxyl groups excluding tert-OH is 1. The Bertz CT molecular complexity index is 398. The van der Waals surface area contributed by atoms with Crippen LogP contribution in [0.25, 0.3) is 0 Å². The second-order valence-corrected chi connectivity index (χ2v) is 7.82. The van der Waals surface area contributed by atoms with Crippen molar-refractivity contribution in [2.24, 2.45) is 23.2 Å². The maximum absolute atomic E-state index is 10.4. The highest BCUT2D eigenvalue weighted by atomic mass is 17.1. The smallest absolute Gasteiger partial charge is 0.193 e. The van der Waals surface area contributed by atoms with E-state index in [1.807, 2.05) is 20.8 Å². The molecule has 3 rings (SSSR count). The van der Waals surface area contributed by atoms with Crippen molar-refractivity contribution in [2.75, 3.05) is 0 Å². The van der Waals surface area contributed by atoms with Gasteiger partial charge in [-0.2, -0.15) is 0 Å². The van der Waals surface area contributed by atoms with E-state index in [0.717, 1.165) is 25.7 Å². The van der Waals surface area contributed by atoms with Crippen molar-refractivity contribution in [3.8, 4) is 0 Å². The van der Waals surface area contributed by atoms with E-state index in [9.17, 15) is 10.4 Å². The van der Waals surface area contributed by atoms with Gasteiger partial charge in [-0.15, -0.1) is 0 Å². The molecule has 1 unspecified atom stereocenters. The molecule has 2 aliphatic heterocycles. The molecule has 0 spiro atoms. The second-order valence-electron chi connectivity index (χ2n) is 7.82. The minimum absolute atomic E-state index is 0.00949. The largest absolute Gasteiger partial charge is 0.367 e. The summed E-state index contributed by atoms with van der Waals surface area (Å²) in [6.07, 6.45) is 2.27. The Hall–Kier alpha value is -0.200. The molecule has 3 aliphatic rings. The van der Waals surface area contributed by atoms with Crippen LogP contribution in [-0.4, -0.2) is 34.6 Å². The Labute approximate surface area is 126 Å². The molecule has 0 aromatic carbocycles. The molecule has 21 heavy (non-hydrogen) atoms. The van der Waals surface area contributed by atoms with Crippen LogP contribution in [0.3, 0.4) is 0 Å².